The third-order valence-corrected chi connectivity index (χ3v) is 5.94. The number of aliphatic hydroxyl groups is 2. The lowest BCUT2D eigenvalue weighted by atomic mass is 10.1. The second-order valence-corrected chi connectivity index (χ2v) is 11.5. The average molecular weight is 369 g/mol. The molecule has 4 atom stereocenters. The Kier molecular flexibility index (Phi) is 4.53. The predicted octanol–water partition coefficient (Wildman–Crippen LogP) is -0.569. The van der Waals surface area contributed by atoms with E-state index in [9.17, 15) is 15.0 Å². The molecule has 0 bridgehead atoms. The lowest BCUT2D eigenvalue weighted by molar-refractivity contribution is -0.0353. The van der Waals surface area contributed by atoms with E-state index in [0.717, 1.165) is 6.16 Å². The van der Waals surface area contributed by atoms with Crippen LogP contribution < -0.4 is 11.3 Å². The summed E-state index contributed by atoms with van der Waals surface area (Å²) in [7, 11) is 1.51. The van der Waals surface area contributed by atoms with Crippen molar-refractivity contribution in [3.63, 3.8) is 0 Å². The molecule has 0 saturated carbocycles. The molecule has 1 saturated heterocycles. The number of hydrogen-bond acceptors (Lipinski definition) is 7. The number of hydrogen-bond donors (Lipinski definition) is 3. The van der Waals surface area contributed by atoms with Gasteiger partial charge in [-0.1, -0.05) is 0 Å². The summed E-state index contributed by atoms with van der Waals surface area (Å²) in [6.07, 6.45) is 3.39. The van der Waals surface area contributed by atoms with Crippen molar-refractivity contribution in [2.24, 2.45) is 7.05 Å². The van der Waals surface area contributed by atoms with Crippen molar-refractivity contribution >= 4 is 30.3 Å². The molecule has 3 rings (SSSR count). The molecule has 0 aliphatic carbocycles. The summed E-state index contributed by atoms with van der Waals surface area (Å²) in [6.45, 7) is 2.94. The molecule has 4 N–H and O–H groups in total. The smallest absolute Gasteiger partial charge is 0.282 e. The summed E-state index contributed by atoms with van der Waals surface area (Å²) in [6, 6.07) is 0. The zero-order valence-electron chi connectivity index (χ0n) is 14.5. The van der Waals surface area contributed by atoms with Crippen molar-refractivity contribution in [1.82, 2.24) is 19.1 Å². The van der Waals surface area contributed by atoms with Crippen LogP contribution in [0, 0.1) is 0 Å². The van der Waals surface area contributed by atoms with Crippen LogP contribution in [0.2, 0.25) is 0 Å². The fraction of sp³-hybridized carbons (Fsp3) is 0.600. The number of fused-ring (bicyclic) bond motifs is 1. The Morgan fingerprint density at radius 2 is 2.08 bits per heavy atom. The van der Waals surface area contributed by atoms with Gasteiger partial charge in [0, 0.05) is 7.05 Å². The number of rotatable bonds is 4. The normalized spacial score (nSPS) is 27.2. The van der Waals surface area contributed by atoms with Crippen LogP contribution in [0.3, 0.4) is 0 Å². The number of aliphatic hydroxyl groups excluding tert-OH is 2. The van der Waals surface area contributed by atoms with Gasteiger partial charge in [-0.2, -0.15) is 4.98 Å². The zero-order chi connectivity index (χ0) is 18.5. The quantitative estimate of drug-likeness (QED) is 0.616. The summed E-state index contributed by atoms with van der Waals surface area (Å²) in [5.74, 6) is 0.0347. The van der Waals surface area contributed by atoms with Gasteiger partial charge in [0.1, 0.15) is 12.2 Å². The zero-order valence-corrected chi connectivity index (χ0v) is 15.4. The van der Waals surface area contributed by atoms with Crippen molar-refractivity contribution < 1.29 is 14.9 Å². The van der Waals surface area contributed by atoms with E-state index < -0.39 is 31.4 Å². The number of nitrogens with zero attached hydrogens (tertiary/aromatic N) is 4. The van der Waals surface area contributed by atoms with Crippen molar-refractivity contribution in [1.29, 1.82) is 0 Å². The second-order valence-electron chi connectivity index (χ2n) is 7.15. The molecule has 0 aromatic carbocycles. The van der Waals surface area contributed by atoms with Crippen LogP contribution in [-0.4, -0.2) is 73.4 Å². The monoisotopic (exact) mass is 369 g/mol. The Hall–Kier alpha value is -1.67. The maximum absolute atomic E-state index is 12.2. The molecule has 10 heteroatoms. The standard InChI is InChI=1S/C15H24N5O4P/c1-19-13(23)9-12(18-15(19)16)20(7-17-9)14-11(22)10(21)8(24-14)5-6-25(2,3)4/h7-8,10-11,14,21-22H,2,5-6H2,1,3-4H3,(H2,16,18)/t8-,10-,11-,14?/m1/s1. The Morgan fingerprint density at radius 1 is 1.40 bits per heavy atom. The number of ether oxygens (including phenoxy) is 1. The van der Waals surface area contributed by atoms with Crippen molar-refractivity contribution in [2.45, 2.75) is 31.0 Å². The number of anilines is 1. The van der Waals surface area contributed by atoms with Gasteiger partial charge >= 0.3 is 0 Å². The van der Waals surface area contributed by atoms with Crippen LogP contribution in [0.1, 0.15) is 12.6 Å². The highest BCUT2D eigenvalue weighted by Gasteiger charge is 2.44. The summed E-state index contributed by atoms with van der Waals surface area (Å²) >= 11 is 0. The van der Waals surface area contributed by atoms with Crippen LogP contribution in [-0.2, 0) is 11.8 Å². The highest BCUT2D eigenvalue weighted by molar-refractivity contribution is 7.72. The fourth-order valence-corrected chi connectivity index (χ4v) is 3.88. The van der Waals surface area contributed by atoms with Crippen LogP contribution in [0.15, 0.2) is 11.1 Å². The lowest BCUT2D eigenvalue weighted by Gasteiger charge is -2.18. The topological polar surface area (TPSA) is 128 Å². The van der Waals surface area contributed by atoms with Crippen molar-refractivity contribution in [3.8, 4) is 0 Å². The van der Waals surface area contributed by atoms with Gasteiger partial charge in [0.05, 0.1) is 12.4 Å². The molecule has 1 aliphatic rings. The van der Waals surface area contributed by atoms with E-state index in [-0.39, 0.29) is 22.7 Å². The largest absolute Gasteiger partial charge is 0.388 e. The second kappa shape index (κ2) is 6.25. The molecule has 2 aromatic heterocycles. The first kappa shape index (κ1) is 18.1. The molecular formula is C15H24N5O4P. The summed E-state index contributed by atoms with van der Waals surface area (Å²) in [5, 5.41) is 20.7. The van der Waals surface area contributed by atoms with Gasteiger partial charge in [-0.3, -0.25) is 13.9 Å². The van der Waals surface area contributed by atoms with E-state index in [1.165, 1.54) is 22.5 Å². The first-order valence-corrected chi connectivity index (χ1v) is 11.0. The fourth-order valence-electron chi connectivity index (χ4n) is 2.92. The average Bonchev–Trinajstić information content (AvgIpc) is 3.05. The molecule has 1 unspecified atom stereocenters. The van der Waals surface area contributed by atoms with E-state index in [4.69, 9.17) is 10.5 Å². The van der Waals surface area contributed by atoms with E-state index in [0.29, 0.717) is 6.42 Å². The maximum Gasteiger partial charge on any atom is 0.282 e. The van der Waals surface area contributed by atoms with Gasteiger partial charge in [0.15, 0.2) is 17.4 Å². The van der Waals surface area contributed by atoms with Gasteiger partial charge in [0.25, 0.3) is 5.56 Å². The van der Waals surface area contributed by atoms with Gasteiger partial charge in [-0.15, -0.1) is 13.2 Å². The van der Waals surface area contributed by atoms with Gasteiger partial charge in [-0.05, 0) is 25.9 Å². The molecule has 9 nitrogen and oxygen atoms in total. The number of imidazole rings is 1. The van der Waals surface area contributed by atoms with E-state index in [2.05, 4.69) is 29.6 Å². The van der Waals surface area contributed by atoms with Crippen LogP contribution in [0.4, 0.5) is 5.95 Å². The van der Waals surface area contributed by atoms with Gasteiger partial charge in [0.2, 0.25) is 5.95 Å². The molecule has 2 aromatic rings. The minimum absolute atomic E-state index is 0.0347. The molecule has 1 fully saturated rings. The number of nitrogens with two attached hydrogens (primary N) is 1. The predicted molar refractivity (Wildman–Crippen MR) is 98.5 cm³/mol. The Morgan fingerprint density at radius 3 is 2.72 bits per heavy atom. The Balaban J connectivity index is 1.93. The maximum atomic E-state index is 12.2. The SMILES string of the molecule is C=P(C)(C)CC[C@H]1OC(n2cnc3c(=O)n(C)c(N)nc32)[C@H](O)[C@@H]1O. The molecule has 0 amide bonds. The summed E-state index contributed by atoms with van der Waals surface area (Å²) in [4.78, 5) is 20.5. The molecular weight excluding hydrogens is 345 g/mol. The molecule has 138 valence electrons. The van der Waals surface area contributed by atoms with E-state index >= 15 is 0 Å². The highest BCUT2D eigenvalue weighted by Crippen LogP contribution is 2.39. The van der Waals surface area contributed by atoms with Crippen LogP contribution >= 0.6 is 6.89 Å². The molecule has 0 spiro atoms. The van der Waals surface area contributed by atoms with E-state index in [1.807, 2.05) is 0 Å². The molecule has 1 aliphatic heterocycles. The first-order chi connectivity index (χ1) is 11.6. The highest BCUT2D eigenvalue weighted by atomic mass is 31.2. The first-order valence-electron chi connectivity index (χ1n) is 7.98. The van der Waals surface area contributed by atoms with Crippen LogP contribution in [0.25, 0.3) is 11.2 Å². The summed E-state index contributed by atoms with van der Waals surface area (Å²) < 4.78 is 8.51. The minimum Gasteiger partial charge on any atom is -0.388 e. The third-order valence-electron chi connectivity index (χ3n) is 4.47. The van der Waals surface area contributed by atoms with Gasteiger partial charge < -0.3 is 20.7 Å². The van der Waals surface area contributed by atoms with Crippen LogP contribution in [0.5, 0.6) is 0 Å². The molecule has 0 radical (unpaired) electrons. The van der Waals surface area contributed by atoms with Gasteiger partial charge in [-0.25, -0.2) is 4.98 Å². The molecule has 25 heavy (non-hydrogen) atoms. The van der Waals surface area contributed by atoms with Crippen molar-refractivity contribution in [3.05, 3.63) is 16.7 Å². The molecule has 3 heterocycles. The number of nitrogen functional groups attached to an aromatic ring is 1. The minimum atomic E-state index is -1.27. The Labute approximate surface area is 145 Å². The number of aromatic nitrogens is 4. The Bertz CT molecular complexity index is 901. The van der Waals surface area contributed by atoms with Crippen molar-refractivity contribution in [2.75, 3.05) is 25.2 Å². The summed E-state index contributed by atoms with van der Waals surface area (Å²) in [5.41, 5.74) is 5.73. The third kappa shape index (κ3) is 3.25. The van der Waals surface area contributed by atoms with E-state index in [1.54, 1.807) is 0 Å². The lowest BCUT2D eigenvalue weighted by Crippen LogP contribution is -2.32.